The number of aryl methyl sites for hydroxylation is 1. The van der Waals surface area contributed by atoms with Crippen LogP contribution in [0.1, 0.15) is 51.2 Å². The average molecular weight is 190 g/mol. The van der Waals surface area contributed by atoms with Gasteiger partial charge in [0.05, 0.1) is 0 Å². The normalized spacial score (nSPS) is 14.1. The lowest BCUT2D eigenvalue weighted by molar-refractivity contribution is 0.289. The molecule has 1 aromatic carbocycles. The number of benzene rings is 1. The summed E-state index contributed by atoms with van der Waals surface area (Å²) < 4.78 is 0. The molecule has 0 aliphatic carbocycles. The van der Waals surface area contributed by atoms with E-state index in [2.05, 4.69) is 58.9 Å². The van der Waals surface area contributed by atoms with Gasteiger partial charge in [-0.15, -0.1) is 0 Å². The summed E-state index contributed by atoms with van der Waals surface area (Å²) in [6, 6.07) is 8.87. The van der Waals surface area contributed by atoms with E-state index in [1.54, 1.807) is 0 Å². The average Bonchev–Trinajstić information content (AvgIpc) is 2.16. The summed E-state index contributed by atoms with van der Waals surface area (Å²) in [4.78, 5) is 0. The molecule has 0 heterocycles. The maximum Gasteiger partial charge on any atom is -0.0139 e. The monoisotopic (exact) mass is 190 g/mol. The summed E-state index contributed by atoms with van der Waals surface area (Å²) in [7, 11) is 0. The van der Waals surface area contributed by atoms with Crippen molar-refractivity contribution in [2.24, 2.45) is 5.41 Å². The lowest BCUT2D eigenvalue weighted by Crippen LogP contribution is -2.18. The van der Waals surface area contributed by atoms with Gasteiger partial charge in [-0.1, -0.05) is 63.9 Å². The van der Waals surface area contributed by atoms with Crippen molar-refractivity contribution < 1.29 is 0 Å². The van der Waals surface area contributed by atoms with Crippen molar-refractivity contribution >= 4 is 0 Å². The second kappa shape index (κ2) is 4.16. The summed E-state index contributed by atoms with van der Waals surface area (Å²) in [5.41, 5.74) is 3.23. The Morgan fingerprint density at radius 2 is 1.93 bits per heavy atom. The highest BCUT2D eigenvalue weighted by Gasteiger charge is 2.24. The van der Waals surface area contributed by atoms with Crippen LogP contribution in [0, 0.1) is 12.3 Å². The van der Waals surface area contributed by atoms with E-state index in [0.29, 0.717) is 11.3 Å². The second-order valence-corrected chi connectivity index (χ2v) is 4.98. The third kappa shape index (κ3) is 2.37. The highest BCUT2D eigenvalue weighted by Crippen LogP contribution is 2.37. The molecule has 0 amide bonds. The van der Waals surface area contributed by atoms with E-state index in [1.807, 2.05) is 0 Å². The Labute approximate surface area is 88.4 Å². The SMILES string of the molecule is CCC(C)(C)C(C)c1cccc(C)c1. The molecule has 1 rings (SSSR count). The zero-order valence-corrected chi connectivity index (χ0v) is 10.1. The first-order valence-electron chi connectivity index (χ1n) is 5.54. The summed E-state index contributed by atoms with van der Waals surface area (Å²) in [6.07, 6.45) is 1.22. The zero-order chi connectivity index (χ0) is 10.8. The maximum atomic E-state index is 2.35. The van der Waals surface area contributed by atoms with Crippen LogP contribution in [0.4, 0.5) is 0 Å². The molecule has 0 saturated carbocycles. The molecule has 1 unspecified atom stereocenters. The van der Waals surface area contributed by atoms with Gasteiger partial charge in [-0.25, -0.2) is 0 Å². The van der Waals surface area contributed by atoms with Crippen LogP contribution in [0.25, 0.3) is 0 Å². The Morgan fingerprint density at radius 1 is 1.29 bits per heavy atom. The molecule has 1 aromatic rings. The van der Waals surface area contributed by atoms with Crippen molar-refractivity contribution in [3.63, 3.8) is 0 Å². The molecular weight excluding hydrogens is 168 g/mol. The predicted octanol–water partition coefficient (Wildman–Crippen LogP) is 4.53. The Kier molecular flexibility index (Phi) is 3.36. The van der Waals surface area contributed by atoms with Gasteiger partial charge in [0, 0.05) is 0 Å². The van der Waals surface area contributed by atoms with Crippen LogP contribution in [0.2, 0.25) is 0 Å². The molecule has 0 heteroatoms. The summed E-state index contributed by atoms with van der Waals surface area (Å²) in [5, 5.41) is 0. The fraction of sp³-hybridized carbons (Fsp3) is 0.571. The first kappa shape index (κ1) is 11.3. The van der Waals surface area contributed by atoms with Crippen LogP contribution in [-0.2, 0) is 0 Å². The van der Waals surface area contributed by atoms with Gasteiger partial charge in [0.1, 0.15) is 0 Å². The fourth-order valence-corrected chi connectivity index (χ4v) is 1.70. The van der Waals surface area contributed by atoms with Gasteiger partial charge < -0.3 is 0 Å². The molecule has 0 saturated heterocycles. The third-order valence-corrected chi connectivity index (χ3v) is 3.63. The van der Waals surface area contributed by atoms with Crippen LogP contribution in [0.15, 0.2) is 24.3 Å². The molecule has 0 radical (unpaired) electrons. The summed E-state index contributed by atoms with van der Waals surface area (Å²) in [5.74, 6) is 0.632. The largest absolute Gasteiger partial charge is 0.0649 e. The number of rotatable bonds is 3. The minimum Gasteiger partial charge on any atom is -0.0649 e. The summed E-state index contributed by atoms with van der Waals surface area (Å²) >= 11 is 0. The lowest BCUT2D eigenvalue weighted by Gasteiger charge is -2.31. The molecule has 0 fully saturated rings. The molecular formula is C14H22. The minimum absolute atomic E-state index is 0.397. The molecule has 0 nitrogen and oxygen atoms in total. The van der Waals surface area contributed by atoms with Gasteiger partial charge in [-0.3, -0.25) is 0 Å². The Bertz CT molecular complexity index is 297. The van der Waals surface area contributed by atoms with E-state index in [1.165, 1.54) is 17.5 Å². The molecule has 78 valence electrons. The van der Waals surface area contributed by atoms with Crippen LogP contribution < -0.4 is 0 Å². The molecule has 0 N–H and O–H groups in total. The fourth-order valence-electron chi connectivity index (χ4n) is 1.70. The molecule has 1 atom stereocenters. The van der Waals surface area contributed by atoms with Gasteiger partial charge in [0.25, 0.3) is 0 Å². The lowest BCUT2D eigenvalue weighted by atomic mass is 9.74. The smallest absolute Gasteiger partial charge is 0.0139 e. The molecule has 0 bridgehead atoms. The van der Waals surface area contributed by atoms with Gasteiger partial charge in [0.15, 0.2) is 0 Å². The molecule has 0 spiro atoms. The van der Waals surface area contributed by atoms with E-state index in [0.717, 1.165) is 0 Å². The van der Waals surface area contributed by atoms with Crippen LogP contribution in [0.3, 0.4) is 0 Å². The highest BCUT2D eigenvalue weighted by molar-refractivity contribution is 5.26. The zero-order valence-electron chi connectivity index (χ0n) is 10.1. The van der Waals surface area contributed by atoms with Gasteiger partial charge >= 0.3 is 0 Å². The van der Waals surface area contributed by atoms with E-state index >= 15 is 0 Å². The van der Waals surface area contributed by atoms with Crippen molar-refractivity contribution in [3.8, 4) is 0 Å². The van der Waals surface area contributed by atoms with E-state index in [9.17, 15) is 0 Å². The number of hydrogen-bond acceptors (Lipinski definition) is 0. The molecule has 0 aliphatic rings. The van der Waals surface area contributed by atoms with Crippen molar-refractivity contribution in [1.29, 1.82) is 0 Å². The molecule has 0 aliphatic heterocycles. The third-order valence-electron chi connectivity index (χ3n) is 3.63. The number of hydrogen-bond donors (Lipinski definition) is 0. The first-order valence-corrected chi connectivity index (χ1v) is 5.54. The van der Waals surface area contributed by atoms with Crippen LogP contribution in [0.5, 0.6) is 0 Å². The van der Waals surface area contributed by atoms with Crippen molar-refractivity contribution in [2.45, 2.75) is 47.0 Å². The minimum atomic E-state index is 0.397. The Morgan fingerprint density at radius 3 is 2.43 bits per heavy atom. The van der Waals surface area contributed by atoms with Gasteiger partial charge in [-0.05, 0) is 23.8 Å². The Hall–Kier alpha value is -0.780. The predicted molar refractivity (Wildman–Crippen MR) is 63.7 cm³/mol. The second-order valence-electron chi connectivity index (χ2n) is 4.98. The van der Waals surface area contributed by atoms with E-state index < -0.39 is 0 Å². The highest BCUT2D eigenvalue weighted by atomic mass is 14.3. The van der Waals surface area contributed by atoms with E-state index in [-0.39, 0.29) is 0 Å². The van der Waals surface area contributed by atoms with Gasteiger partial charge in [-0.2, -0.15) is 0 Å². The first-order chi connectivity index (χ1) is 6.47. The molecule has 14 heavy (non-hydrogen) atoms. The van der Waals surface area contributed by atoms with Crippen LogP contribution >= 0.6 is 0 Å². The van der Waals surface area contributed by atoms with Crippen molar-refractivity contribution in [1.82, 2.24) is 0 Å². The Balaban J connectivity index is 2.94. The summed E-state index contributed by atoms with van der Waals surface area (Å²) in [6.45, 7) is 11.5. The standard InChI is InChI=1S/C14H22/c1-6-14(4,5)12(3)13-9-7-8-11(2)10-13/h7-10,12H,6H2,1-5H3. The van der Waals surface area contributed by atoms with Gasteiger partial charge in [0.2, 0.25) is 0 Å². The van der Waals surface area contributed by atoms with E-state index in [4.69, 9.17) is 0 Å². The van der Waals surface area contributed by atoms with Crippen molar-refractivity contribution in [3.05, 3.63) is 35.4 Å². The van der Waals surface area contributed by atoms with Crippen molar-refractivity contribution in [2.75, 3.05) is 0 Å². The maximum absolute atomic E-state index is 2.35. The topological polar surface area (TPSA) is 0 Å². The van der Waals surface area contributed by atoms with Crippen LogP contribution in [-0.4, -0.2) is 0 Å². The molecule has 0 aromatic heterocycles. The quantitative estimate of drug-likeness (QED) is 0.656.